The maximum atomic E-state index is 11.9. The van der Waals surface area contributed by atoms with E-state index in [1.165, 1.54) is 0 Å². The van der Waals surface area contributed by atoms with Gasteiger partial charge in [-0.2, -0.15) is 4.72 Å². The fraction of sp³-hybridized carbons (Fsp3) is 0.300. The molecule has 1 aromatic carbocycles. The molecule has 0 amide bonds. The number of aliphatic hydroxyl groups is 1. The van der Waals surface area contributed by atoms with E-state index in [9.17, 15) is 28.4 Å². The summed E-state index contributed by atoms with van der Waals surface area (Å²) < 4.78 is 25.6. The maximum absolute atomic E-state index is 11.9. The molecule has 3 N–H and O–H groups in total. The van der Waals surface area contributed by atoms with Crippen LogP contribution in [0.4, 0.5) is 5.69 Å². The van der Waals surface area contributed by atoms with E-state index >= 15 is 0 Å². The Morgan fingerprint density at radius 1 is 1.35 bits per heavy atom. The molecule has 1 rings (SSSR count). The van der Waals surface area contributed by atoms with Crippen molar-refractivity contribution in [3.05, 3.63) is 34.4 Å². The van der Waals surface area contributed by atoms with Crippen molar-refractivity contribution in [2.75, 3.05) is 0 Å². The van der Waals surface area contributed by atoms with E-state index in [-0.39, 0.29) is 10.6 Å². The van der Waals surface area contributed by atoms with Gasteiger partial charge >= 0.3 is 5.97 Å². The number of hydrogen-bond donors (Lipinski definition) is 3. The molecule has 0 aliphatic carbocycles. The van der Waals surface area contributed by atoms with Crippen LogP contribution < -0.4 is 4.72 Å². The summed E-state index contributed by atoms with van der Waals surface area (Å²) in [7, 11) is -4.21. The molecule has 0 aromatic heterocycles. The van der Waals surface area contributed by atoms with Crippen molar-refractivity contribution in [2.45, 2.75) is 24.0 Å². The summed E-state index contributed by atoms with van der Waals surface area (Å²) in [5.41, 5.74) is -0.297. The minimum absolute atomic E-state index is 0.297. The van der Waals surface area contributed by atoms with Crippen LogP contribution >= 0.6 is 0 Å². The SMILES string of the molecule is C[C@@H](O)[C@H](NS(=O)(=O)c1ccc([N+](=O)[O-])cc1)C(=O)O. The number of carboxylic acids is 1. The Kier molecular flexibility index (Phi) is 4.76. The number of aliphatic carboxylic acids is 1. The minimum atomic E-state index is -4.21. The summed E-state index contributed by atoms with van der Waals surface area (Å²) in [6, 6.07) is 2.19. The lowest BCUT2D eigenvalue weighted by Gasteiger charge is -2.17. The van der Waals surface area contributed by atoms with Crippen LogP contribution in [0.5, 0.6) is 0 Å². The second-order valence-corrected chi connectivity index (χ2v) is 5.64. The lowest BCUT2D eigenvalue weighted by molar-refractivity contribution is -0.384. The topological polar surface area (TPSA) is 147 Å². The zero-order valence-corrected chi connectivity index (χ0v) is 11.1. The average molecular weight is 304 g/mol. The Morgan fingerprint density at radius 2 is 1.85 bits per heavy atom. The first kappa shape index (κ1) is 16.0. The second kappa shape index (κ2) is 5.94. The highest BCUT2D eigenvalue weighted by Crippen LogP contribution is 2.16. The Balaban J connectivity index is 3.04. The standard InChI is InChI=1S/C10H12N2O7S/c1-6(13)9(10(14)15)11-20(18,19)8-4-2-7(3-5-8)12(16)17/h2-6,9,11,13H,1H3,(H,14,15)/t6-,9+/m1/s1. The van der Waals surface area contributed by atoms with Crippen LogP contribution in [0.3, 0.4) is 0 Å². The number of nitrogens with zero attached hydrogens (tertiary/aromatic N) is 1. The van der Waals surface area contributed by atoms with E-state index in [0.29, 0.717) is 0 Å². The molecule has 10 heteroatoms. The van der Waals surface area contributed by atoms with Gasteiger partial charge in [-0.3, -0.25) is 14.9 Å². The van der Waals surface area contributed by atoms with Gasteiger partial charge in [-0.1, -0.05) is 0 Å². The van der Waals surface area contributed by atoms with Crippen molar-refractivity contribution >= 4 is 21.7 Å². The van der Waals surface area contributed by atoms with Crippen molar-refractivity contribution in [1.29, 1.82) is 0 Å². The van der Waals surface area contributed by atoms with Gasteiger partial charge in [0.1, 0.15) is 6.04 Å². The van der Waals surface area contributed by atoms with E-state index in [0.717, 1.165) is 31.2 Å². The fourth-order valence-electron chi connectivity index (χ4n) is 1.34. The van der Waals surface area contributed by atoms with Crippen LogP contribution in [0.25, 0.3) is 0 Å². The molecular formula is C10H12N2O7S. The molecular weight excluding hydrogens is 292 g/mol. The molecule has 0 fully saturated rings. The van der Waals surface area contributed by atoms with Gasteiger partial charge < -0.3 is 10.2 Å². The number of carboxylic acid groups (broad SMARTS) is 1. The van der Waals surface area contributed by atoms with Crippen molar-refractivity contribution in [3.8, 4) is 0 Å². The number of sulfonamides is 1. The van der Waals surface area contributed by atoms with Crippen molar-refractivity contribution in [2.24, 2.45) is 0 Å². The molecule has 0 unspecified atom stereocenters. The van der Waals surface area contributed by atoms with Gasteiger partial charge in [0.2, 0.25) is 10.0 Å². The number of carbonyl (C=O) groups is 1. The zero-order valence-electron chi connectivity index (χ0n) is 10.3. The number of rotatable bonds is 6. The monoisotopic (exact) mass is 304 g/mol. The quantitative estimate of drug-likeness (QED) is 0.483. The number of benzene rings is 1. The molecule has 2 atom stereocenters. The molecule has 1 aromatic rings. The van der Waals surface area contributed by atoms with Crippen LogP contribution in [0.2, 0.25) is 0 Å². The number of non-ortho nitro benzene ring substituents is 1. The van der Waals surface area contributed by atoms with Crippen LogP contribution in [0.15, 0.2) is 29.2 Å². The van der Waals surface area contributed by atoms with Crippen molar-refractivity contribution in [3.63, 3.8) is 0 Å². The second-order valence-electron chi connectivity index (χ2n) is 3.93. The first-order valence-corrected chi connectivity index (χ1v) is 6.81. The summed E-state index contributed by atoms with van der Waals surface area (Å²) in [6.07, 6.45) is -1.44. The smallest absolute Gasteiger partial charge is 0.324 e. The molecule has 0 radical (unpaired) electrons. The minimum Gasteiger partial charge on any atom is -0.480 e. The number of hydrogen-bond acceptors (Lipinski definition) is 6. The molecule has 0 heterocycles. The molecule has 0 saturated heterocycles. The summed E-state index contributed by atoms with van der Waals surface area (Å²) in [4.78, 5) is 20.2. The van der Waals surface area contributed by atoms with Gasteiger partial charge in [-0.15, -0.1) is 0 Å². The number of nitro groups is 1. The van der Waals surface area contributed by atoms with E-state index in [2.05, 4.69) is 0 Å². The van der Waals surface area contributed by atoms with Crippen LogP contribution in [0, 0.1) is 10.1 Å². The van der Waals surface area contributed by atoms with Crippen LogP contribution in [-0.4, -0.2) is 41.7 Å². The molecule has 0 bridgehead atoms. The van der Waals surface area contributed by atoms with Crippen LogP contribution in [0.1, 0.15) is 6.92 Å². The first-order valence-electron chi connectivity index (χ1n) is 5.33. The molecule has 0 saturated carbocycles. The van der Waals surface area contributed by atoms with Gasteiger partial charge in [0.25, 0.3) is 5.69 Å². The first-order chi connectivity index (χ1) is 9.15. The molecule has 110 valence electrons. The summed E-state index contributed by atoms with van der Waals surface area (Å²) >= 11 is 0. The zero-order chi connectivity index (χ0) is 15.5. The molecule has 20 heavy (non-hydrogen) atoms. The van der Waals surface area contributed by atoms with Gasteiger partial charge in [-0.25, -0.2) is 8.42 Å². The third kappa shape index (κ3) is 3.73. The van der Waals surface area contributed by atoms with E-state index < -0.39 is 33.1 Å². The normalized spacial score (nSPS) is 14.5. The third-order valence-electron chi connectivity index (χ3n) is 2.39. The number of nitrogens with one attached hydrogen (secondary N) is 1. The maximum Gasteiger partial charge on any atom is 0.324 e. The average Bonchev–Trinajstić information content (AvgIpc) is 2.35. The Hall–Kier alpha value is -2.04. The van der Waals surface area contributed by atoms with E-state index in [4.69, 9.17) is 5.11 Å². The van der Waals surface area contributed by atoms with Gasteiger partial charge in [0.15, 0.2) is 0 Å². The Morgan fingerprint density at radius 3 is 2.20 bits per heavy atom. The fourth-order valence-corrected chi connectivity index (χ4v) is 2.60. The summed E-state index contributed by atoms with van der Waals surface area (Å²) in [5.74, 6) is -1.54. The molecule has 0 spiro atoms. The predicted molar refractivity (Wildman–Crippen MR) is 66.5 cm³/mol. The summed E-state index contributed by atoms with van der Waals surface area (Å²) in [6.45, 7) is 1.12. The largest absolute Gasteiger partial charge is 0.480 e. The van der Waals surface area contributed by atoms with Crippen molar-refractivity contribution in [1.82, 2.24) is 4.72 Å². The Bertz CT molecular complexity index is 609. The van der Waals surface area contributed by atoms with Gasteiger partial charge in [0.05, 0.1) is 15.9 Å². The highest BCUT2D eigenvalue weighted by molar-refractivity contribution is 7.89. The van der Waals surface area contributed by atoms with Gasteiger partial charge in [0, 0.05) is 12.1 Å². The highest BCUT2D eigenvalue weighted by atomic mass is 32.2. The lowest BCUT2D eigenvalue weighted by Crippen LogP contribution is -2.47. The number of aliphatic hydroxyl groups excluding tert-OH is 1. The van der Waals surface area contributed by atoms with Crippen molar-refractivity contribution < 1.29 is 28.3 Å². The van der Waals surface area contributed by atoms with Crippen LogP contribution in [-0.2, 0) is 14.8 Å². The van der Waals surface area contributed by atoms with E-state index in [1.54, 1.807) is 0 Å². The summed E-state index contributed by atoms with van der Waals surface area (Å²) in [5, 5.41) is 28.5. The van der Waals surface area contributed by atoms with E-state index in [1.807, 2.05) is 4.72 Å². The molecule has 0 aliphatic rings. The highest BCUT2D eigenvalue weighted by Gasteiger charge is 2.29. The molecule has 0 aliphatic heterocycles. The number of nitro benzene ring substituents is 1. The Labute approximate surface area is 114 Å². The predicted octanol–water partition coefficient (Wildman–Crippen LogP) is -0.293. The molecule has 9 nitrogen and oxygen atoms in total. The lowest BCUT2D eigenvalue weighted by atomic mass is 10.2. The van der Waals surface area contributed by atoms with Gasteiger partial charge in [-0.05, 0) is 19.1 Å². The third-order valence-corrected chi connectivity index (χ3v) is 3.85.